The summed E-state index contributed by atoms with van der Waals surface area (Å²) in [6.45, 7) is 5.74. The van der Waals surface area contributed by atoms with Gasteiger partial charge in [-0.25, -0.2) is 13.1 Å². The zero-order valence-corrected chi connectivity index (χ0v) is 18.5. The molecular formula is C20H27N3O6S. The monoisotopic (exact) mass is 437 g/mol. The highest BCUT2D eigenvalue weighted by atomic mass is 32.2. The number of methoxy groups -OCH3 is 1. The predicted octanol–water partition coefficient (Wildman–Crippen LogP) is 3.20. The van der Waals surface area contributed by atoms with Crippen LogP contribution in [0.3, 0.4) is 0 Å². The average molecular weight is 438 g/mol. The van der Waals surface area contributed by atoms with E-state index in [4.69, 9.17) is 9.47 Å². The molecule has 164 valence electrons. The zero-order valence-electron chi connectivity index (χ0n) is 17.7. The molecule has 0 aliphatic rings. The molecule has 9 nitrogen and oxygen atoms in total. The fourth-order valence-electron chi connectivity index (χ4n) is 2.69. The number of nitrogens with one attached hydrogen (secondary N) is 1. The van der Waals surface area contributed by atoms with Gasteiger partial charge in [0.1, 0.15) is 23.8 Å². The summed E-state index contributed by atoms with van der Waals surface area (Å²) in [6.07, 6.45) is 0. The van der Waals surface area contributed by atoms with E-state index in [1.165, 1.54) is 12.1 Å². The number of anilines is 1. The van der Waals surface area contributed by atoms with Crippen LogP contribution in [0.25, 0.3) is 0 Å². The molecule has 0 amide bonds. The van der Waals surface area contributed by atoms with Crippen molar-refractivity contribution in [2.45, 2.75) is 31.2 Å². The molecule has 2 aromatic rings. The van der Waals surface area contributed by atoms with E-state index in [9.17, 15) is 18.5 Å². The summed E-state index contributed by atoms with van der Waals surface area (Å²) in [7, 11) is -0.624. The van der Waals surface area contributed by atoms with Gasteiger partial charge < -0.3 is 14.4 Å². The Hall–Kier alpha value is -2.85. The quantitative estimate of drug-likeness (QED) is 0.474. The van der Waals surface area contributed by atoms with E-state index in [-0.39, 0.29) is 17.2 Å². The molecule has 0 aromatic heterocycles. The summed E-state index contributed by atoms with van der Waals surface area (Å²) in [5, 5.41) is 11.6. The first kappa shape index (κ1) is 23.4. The Morgan fingerprint density at radius 3 is 2.23 bits per heavy atom. The Labute approximate surface area is 176 Å². The first-order chi connectivity index (χ1) is 13.9. The summed E-state index contributed by atoms with van der Waals surface area (Å²) in [4.78, 5) is 12.5. The fraction of sp³-hybridized carbons (Fsp3) is 0.400. The van der Waals surface area contributed by atoms with Crippen LogP contribution in [0.4, 0.5) is 11.4 Å². The molecule has 0 bridgehead atoms. The Bertz CT molecular complexity index is 985. The number of nitro benzene ring substituents is 1. The molecule has 0 spiro atoms. The first-order valence-electron chi connectivity index (χ1n) is 9.23. The number of ether oxygens (including phenoxy) is 2. The van der Waals surface area contributed by atoms with Gasteiger partial charge in [-0.05, 0) is 57.2 Å². The lowest BCUT2D eigenvalue weighted by Gasteiger charge is -2.22. The minimum Gasteiger partial charge on any atom is -0.497 e. The number of rotatable bonds is 9. The molecule has 30 heavy (non-hydrogen) atoms. The van der Waals surface area contributed by atoms with Crippen LogP contribution in [0, 0.1) is 10.1 Å². The van der Waals surface area contributed by atoms with Gasteiger partial charge in [0.25, 0.3) is 5.69 Å². The van der Waals surface area contributed by atoms with Crippen LogP contribution >= 0.6 is 0 Å². The Morgan fingerprint density at radius 2 is 1.70 bits per heavy atom. The molecule has 1 N–H and O–H groups in total. The van der Waals surface area contributed by atoms with Gasteiger partial charge in [-0.2, -0.15) is 0 Å². The molecule has 0 heterocycles. The molecule has 0 saturated carbocycles. The summed E-state index contributed by atoms with van der Waals surface area (Å²) < 4.78 is 38.2. The molecule has 0 aliphatic heterocycles. The van der Waals surface area contributed by atoms with Crippen molar-refractivity contribution in [1.82, 2.24) is 4.72 Å². The van der Waals surface area contributed by atoms with E-state index < -0.39 is 20.5 Å². The largest absolute Gasteiger partial charge is 0.497 e. The van der Waals surface area contributed by atoms with E-state index in [0.717, 1.165) is 6.07 Å². The molecule has 10 heteroatoms. The number of benzene rings is 2. The van der Waals surface area contributed by atoms with Crippen molar-refractivity contribution in [3.05, 3.63) is 52.6 Å². The molecule has 0 saturated heterocycles. The Morgan fingerprint density at radius 1 is 1.10 bits per heavy atom. The first-order valence-corrected chi connectivity index (χ1v) is 10.7. The van der Waals surface area contributed by atoms with Crippen molar-refractivity contribution >= 4 is 21.4 Å². The van der Waals surface area contributed by atoms with Crippen LogP contribution in [0.5, 0.6) is 11.5 Å². The van der Waals surface area contributed by atoms with Crippen molar-refractivity contribution in [3.8, 4) is 11.5 Å². The number of hydrogen-bond donors (Lipinski definition) is 1. The maximum Gasteiger partial charge on any atom is 0.293 e. The minimum absolute atomic E-state index is 0.157. The molecule has 2 aromatic carbocycles. The third kappa shape index (κ3) is 6.33. The van der Waals surface area contributed by atoms with E-state index in [1.807, 2.05) is 0 Å². The lowest BCUT2D eigenvalue weighted by molar-refractivity contribution is -0.384. The number of nitrogens with zero attached hydrogens (tertiary/aromatic N) is 2. The number of sulfonamides is 1. The normalized spacial score (nSPS) is 11.8. The van der Waals surface area contributed by atoms with Crippen LogP contribution in [0.1, 0.15) is 20.8 Å². The zero-order chi connectivity index (χ0) is 22.5. The van der Waals surface area contributed by atoms with Crippen LogP contribution in [0.15, 0.2) is 47.4 Å². The van der Waals surface area contributed by atoms with E-state index in [2.05, 4.69) is 4.72 Å². The maximum atomic E-state index is 12.5. The lowest BCUT2D eigenvalue weighted by atomic mass is 10.1. The highest BCUT2D eigenvalue weighted by molar-refractivity contribution is 7.89. The summed E-state index contributed by atoms with van der Waals surface area (Å²) in [5.41, 5.74) is -0.700. The van der Waals surface area contributed by atoms with Crippen LogP contribution in [-0.4, -0.2) is 46.2 Å². The van der Waals surface area contributed by atoms with Gasteiger partial charge in [0, 0.05) is 18.7 Å². The highest BCUT2D eigenvalue weighted by Crippen LogP contribution is 2.30. The van der Waals surface area contributed by atoms with Gasteiger partial charge in [0.05, 0.1) is 23.5 Å². The second kappa shape index (κ2) is 9.31. The molecule has 2 rings (SSSR count). The third-order valence-corrected chi connectivity index (χ3v) is 5.82. The van der Waals surface area contributed by atoms with Crippen molar-refractivity contribution < 1.29 is 22.8 Å². The van der Waals surface area contributed by atoms with Crippen LogP contribution in [0.2, 0.25) is 0 Å². The van der Waals surface area contributed by atoms with Crippen molar-refractivity contribution in [2.24, 2.45) is 0 Å². The fourth-order valence-corrected chi connectivity index (χ4v) is 4.13. The third-order valence-electron chi connectivity index (χ3n) is 4.06. The summed E-state index contributed by atoms with van der Waals surface area (Å²) >= 11 is 0. The van der Waals surface area contributed by atoms with E-state index in [1.54, 1.807) is 64.1 Å². The number of likely N-dealkylation sites (N-methyl/N-ethyl adjacent to an activating group) is 1. The van der Waals surface area contributed by atoms with Gasteiger partial charge >= 0.3 is 0 Å². The van der Waals surface area contributed by atoms with E-state index in [0.29, 0.717) is 23.7 Å². The predicted molar refractivity (Wildman–Crippen MR) is 115 cm³/mol. The number of hydrogen-bond acceptors (Lipinski definition) is 7. The van der Waals surface area contributed by atoms with Crippen LogP contribution < -0.4 is 19.1 Å². The standard InChI is InChI=1S/C20H27N3O6S/c1-20(2,3)21-30(26,27)17-10-11-18(19(14-17)23(24)25)22(4)12-13-29-16-8-6-15(28-5)7-9-16/h6-11,14,21H,12-13H2,1-5H3. The van der Waals surface area contributed by atoms with Gasteiger partial charge in [-0.15, -0.1) is 0 Å². The van der Waals surface area contributed by atoms with Gasteiger partial charge in [0.15, 0.2) is 0 Å². The van der Waals surface area contributed by atoms with E-state index >= 15 is 0 Å². The number of nitro groups is 1. The highest BCUT2D eigenvalue weighted by Gasteiger charge is 2.26. The summed E-state index contributed by atoms with van der Waals surface area (Å²) in [6, 6.07) is 10.9. The molecule has 0 aliphatic carbocycles. The molecular weight excluding hydrogens is 410 g/mol. The van der Waals surface area contributed by atoms with Crippen LogP contribution in [-0.2, 0) is 10.0 Å². The van der Waals surface area contributed by atoms with Gasteiger partial charge in [-0.1, -0.05) is 0 Å². The van der Waals surface area contributed by atoms with Crippen molar-refractivity contribution in [3.63, 3.8) is 0 Å². The lowest BCUT2D eigenvalue weighted by Crippen LogP contribution is -2.40. The van der Waals surface area contributed by atoms with Gasteiger partial charge in [-0.3, -0.25) is 10.1 Å². The summed E-state index contributed by atoms with van der Waals surface area (Å²) in [5.74, 6) is 1.36. The molecule has 0 atom stereocenters. The SMILES string of the molecule is COc1ccc(OCCN(C)c2ccc(S(=O)(=O)NC(C)(C)C)cc2[N+](=O)[O-])cc1. The Balaban J connectivity index is 2.14. The molecule has 0 radical (unpaired) electrons. The average Bonchev–Trinajstić information content (AvgIpc) is 2.66. The topological polar surface area (TPSA) is 111 Å². The second-order valence-electron chi connectivity index (χ2n) is 7.71. The van der Waals surface area contributed by atoms with Gasteiger partial charge in [0.2, 0.25) is 10.0 Å². The Kier molecular flexibility index (Phi) is 7.27. The smallest absolute Gasteiger partial charge is 0.293 e. The maximum absolute atomic E-state index is 12.5. The van der Waals surface area contributed by atoms with Crippen molar-refractivity contribution in [2.75, 3.05) is 32.2 Å². The second-order valence-corrected chi connectivity index (χ2v) is 9.39. The molecule has 0 fully saturated rings. The van der Waals surface area contributed by atoms with Crippen molar-refractivity contribution in [1.29, 1.82) is 0 Å². The molecule has 0 unspecified atom stereocenters. The minimum atomic E-state index is -3.88.